The van der Waals surface area contributed by atoms with Crippen molar-refractivity contribution in [3.63, 3.8) is 0 Å². The van der Waals surface area contributed by atoms with Crippen LogP contribution in [-0.2, 0) is 6.54 Å². The molecule has 0 amide bonds. The Kier molecular flexibility index (Phi) is 4.55. The number of hydrogen-bond donors (Lipinski definition) is 1. The third-order valence-electron chi connectivity index (χ3n) is 3.80. The van der Waals surface area contributed by atoms with E-state index >= 15 is 0 Å². The first-order valence-corrected chi connectivity index (χ1v) is 7.45. The molecule has 0 radical (unpaired) electrons. The van der Waals surface area contributed by atoms with E-state index < -0.39 is 0 Å². The monoisotopic (exact) mass is 265 g/mol. The van der Waals surface area contributed by atoms with Gasteiger partial charge in [-0.1, -0.05) is 27.7 Å². The van der Waals surface area contributed by atoms with E-state index in [0.717, 1.165) is 38.3 Å². The predicted molar refractivity (Wildman–Crippen MR) is 75.9 cm³/mol. The lowest BCUT2D eigenvalue weighted by molar-refractivity contribution is 0.227. The van der Waals surface area contributed by atoms with Crippen LogP contribution in [0.3, 0.4) is 0 Å². The summed E-state index contributed by atoms with van der Waals surface area (Å²) in [5.41, 5.74) is 0.241. The Bertz CT molecular complexity index is 390. The second-order valence-electron chi connectivity index (χ2n) is 6.98. The van der Waals surface area contributed by atoms with Gasteiger partial charge in [0.1, 0.15) is 0 Å². The Hall–Kier alpha value is -0.970. The Balaban J connectivity index is 2.06. The highest BCUT2D eigenvalue weighted by Gasteiger charge is 2.26. The summed E-state index contributed by atoms with van der Waals surface area (Å²) < 4.78 is 2.04. The average molecular weight is 265 g/mol. The molecule has 1 saturated heterocycles. The van der Waals surface area contributed by atoms with E-state index in [1.807, 2.05) is 4.68 Å². The topological polar surface area (TPSA) is 55.6 Å². The molecule has 0 spiro atoms. The average Bonchev–Trinajstić information content (AvgIpc) is 2.75. The van der Waals surface area contributed by atoms with Gasteiger partial charge in [0.2, 0.25) is 0 Å². The van der Waals surface area contributed by atoms with Gasteiger partial charge in [0.05, 0.1) is 0 Å². The predicted octanol–water partition coefficient (Wildman–Crippen LogP) is 2.21. The number of piperidine rings is 1. The van der Waals surface area contributed by atoms with Crippen LogP contribution in [0.1, 0.15) is 58.7 Å². The van der Waals surface area contributed by atoms with Crippen molar-refractivity contribution in [3.8, 4) is 0 Å². The Morgan fingerprint density at radius 2 is 2.00 bits per heavy atom. The molecule has 19 heavy (non-hydrogen) atoms. The van der Waals surface area contributed by atoms with Crippen LogP contribution >= 0.6 is 0 Å². The SMILES string of the molecule is CC(C)CC(C)(C)Cn1nnnc1C1CCNCC1. The molecule has 0 bridgehead atoms. The number of hydrogen-bond acceptors (Lipinski definition) is 4. The lowest BCUT2D eigenvalue weighted by atomic mass is 9.84. The maximum absolute atomic E-state index is 4.28. The summed E-state index contributed by atoms with van der Waals surface area (Å²) in [6, 6.07) is 0. The second-order valence-corrected chi connectivity index (χ2v) is 6.98. The largest absolute Gasteiger partial charge is 0.317 e. The summed E-state index contributed by atoms with van der Waals surface area (Å²) in [6.07, 6.45) is 3.48. The molecule has 2 rings (SSSR count). The molecule has 1 aromatic heterocycles. The summed E-state index contributed by atoms with van der Waals surface area (Å²) in [5, 5.41) is 15.8. The van der Waals surface area contributed by atoms with Crippen LogP contribution in [-0.4, -0.2) is 33.3 Å². The smallest absolute Gasteiger partial charge is 0.154 e. The maximum Gasteiger partial charge on any atom is 0.154 e. The fraction of sp³-hybridized carbons (Fsp3) is 0.929. The molecule has 1 fully saturated rings. The van der Waals surface area contributed by atoms with E-state index in [4.69, 9.17) is 0 Å². The molecular formula is C14H27N5. The third kappa shape index (κ3) is 4.00. The quantitative estimate of drug-likeness (QED) is 0.887. The van der Waals surface area contributed by atoms with Gasteiger partial charge < -0.3 is 5.32 Å². The summed E-state index contributed by atoms with van der Waals surface area (Å²) in [5.74, 6) is 2.30. The summed E-state index contributed by atoms with van der Waals surface area (Å²) in [6.45, 7) is 12.2. The molecule has 1 N–H and O–H groups in total. The summed E-state index contributed by atoms with van der Waals surface area (Å²) in [4.78, 5) is 0. The molecule has 1 aliphatic rings. The zero-order valence-corrected chi connectivity index (χ0v) is 12.7. The van der Waals surface area contributed by atoms with Gasteiger partial charge in [0.25, 0.3) is 0 Å². The first kappa shape index (κ1) is 14.4. The van der Waals surface area contributed by atoms with Crippen molar-refractivity contribution in [3.05, 3.63) is 5.82 Å². The minimum absolute atomic E-state index is 0.241. The molecule has 108 valence electrons. The molecule has 0 saturated carbocycles. The molecule has 2 heterocycles. The van der Waals surface area contributed by atoms with Crippen LogP contribution in [0.15, 0.2) is 0 Å². The van der Waals surface area contributed by atoms with Crippen LogP contribution < -0.4 is 5.32 Å². The highest BCUT2D eigenvalue weighted by atomic mass is 15.5. The van der Waals surface area contributed by atoms with Crippen LogP contribution in [0.2, 0.25) is 0 Å². The van der Waals surface area contributed by atoms with Crippen molar-refractivity contribution in [2.45, 2.75) is 59.4 Å². The van der Waals surface area contributed by atoms with E-state index in [2.05, 4.69) is 48.5 Å². The van der Waals surface area contributed by atoms with Gasteiger partial charge in [-0.15, -0.1) is 5.10 Å². The highest BCUT2D eigenvalue weighted by Crippen LogP contribution is 2.29. The van der Waals surface area contributed by atoms with Gasteiger partial charge in [-0.25, -0.2) is 4.68 Å². The van der Waals surface area contributed by atoms with Crippen molar-refractivity contribution >= 4 is 0 Å². The first-order valence-electron chi connectivity index (χ1n) is 7.45. The van der Waals surface area contributed by atoms with Gasteiger partial charge in [-0.2, -0.15) is 0 Å². The van der Waals surface area contributed by atoms with Crippen LogP contribution in [0, 0.1) is 11.3 Å². The molecule has 1 aliphatic heterocycles. The Labute approximate surface area is 116 Å². The molecule has 0 atom stereocenters. The minimum atomic E-state index is 0.241. The van der Waals surface area contributed by atoms with Gasteiger partial charge in [0, 0.05) is 12.5 Å². The number of tetrazole rings is 1. The lowest BCUT2D eigenvalue weighted by Crippen LogP contribution is -2.30. The van der Waals surface area contributed by atoms with E-state index in [1.54, 1.807) is 0 Å². The van der Waals surface area contributed by atoms with E-state index in [1.165, 1.54) is 6.42 Å². The highest BCUT2D eigenvalue weighted by molar-refractivity contribution is 4.96. The van der Waals surface area contributed by atoms with Gasteiger partial charge >= 0.3 is 0 Å². The van der Waals surface area contributed by atoms with Crippen LogP contribution in [0.25, 0.3) is 0 Å². The number of aromatic nitrogens is 4. The fourth-order valence-electron chi connectivity index (χ4n) is 3.27. The van der Waals surface area contributed by atoms with Crippen molar-refractivity contribution < 1.29 is 0 Å². The zero-order valence-electron chi connectivity index (χ0n) is 12.7. The molecule has 5 nitrogen and oxygen atoms in total. The number of nitrogens with one attached hydrogen (secondary N) is 1. The molecule has 5 heteroatoms. The molecular weight excluding hydrogens is 238 g/mol. The zero-order chi connectivity index (χ0) is 13.9. The fourth-order valence-corrected chi connectivity index (χ4v) is 3.27. The van der Waals surface area contributed by atoms with Crippen molar-refractivity contribution in [1.82, 2.24) is 25.5 Å². The minimum Gasteiger partial charge on any atom is -0.317 e. The van der Waals surface area contributed by atoms with E-state index in [0.29, 0.717) is 11.8 Å². The standard InChI is InChI=1S/C14H27N5/c1-11(2)9-14(3,4)10-19-13(16-17-18-19)12-5-7-15-8-6-12/h11-12,15H,5-10H2,1-4H3. The Morgan fingerprint density at radius 3 is 2.63 bits per heavy atom. The van der Waals surface area contributed by atoms with Gasteiger partial charge in [-0.3, -0.25) is 0 Å². The van der Waals surface area contributed by atoms with Crippen LogP contribution in [0.5, 0.6) is 0 Å². The van der Waals surface area contributed by atoms with Crippen molar-refractivity contribution in [1.29, 1.82) is 0 Å². The molecule has 1 aromatic rings. The molecule has 0 aromatic carbocycles. The van der Waals surface area contributed by atoms with E-state index in [9.17, 15) is 0 Å². The van der Waals surface area contributed by atoms with E-state index in [-0.39, 0.29) is 5.41 Å². The Morgan fingerprint density at radius 1 is 1.32 bits per heavy atom. The number of nitrogens with zero attached hydrogens (tertiary/aromatic N) is 4. The summed E-state index contributed by atoms with van der Waals surface area (Å²) in [7, 11) is 0. The second kappa shape index (κ2) is 5.99. The van der Waals surface area contributed by atoms with Crippen molar-refractivity contribution in [2.75, 3.05) is 13.1 Å². The first-order chi connectivity index (χ1) is 8.98. The molecule has 0 aliphatic carbocycles. The van der Waals surface area contributed by atoms with Gasteiger partial charge in [0.15, 0.2) is 5.82 Å². The lowest BCUT2D eigenvalue weighted by Gasteiger charge is -2.28. The molecule has 0 unspecified atom stereocenters. The maximum atomic E-state index is 4.28. The normalized spacial score (nSPS) is 18.2. The number of rotatable bonds is 5. The summed E-state index contributed by atoms with van der Waals surface area (Å²) >= 11 is 0. The van der Waals surface area contributed by atoms with Crippen LogP contribution in [0.4, 0.5) is 0 Å². The van der Waals surface area contributed by atoms with Crippen molar-refractivity contribution in [2.24, 2.45) is 11.3 Å². The van der Waals surface area contributed by atoms with Gasteiger partial charge in [-0.05, 0) is 54.1 Å². The third-order valence-corrected chi connectivity index (χ3v) is 3.80.